The number of methoxy groups -OCH3 is 2. The molecule has 8 bridgehead atoms. The molecule has 10 nitrogen and oxygen atoms in total. The van der Waals surface area contributed by atoms with Gasteiger partial charge in [0.15, 0.2) is 0 Å². The first-order chi connectivity index (χ1) is 21.8. The lowest BCUT2D eigenvalue weighted by Crippen LogP contribution is -2.02. The minimum atomic E-state index is -0.765. The Hall–Kier alpha value is -4.54. The second kappa shape index (κ2) is 13.1. The Kier molecular flexibility index (Phi) is 9.32. The number of aryl methyl sites for hydroxylation is 3. The van der Waals surface area contributed by atoms with E-state index >= 15 is 0 Å². The number of aliphatic hydroxyl groups excluding tert-OH is 2. The number of nitrogens with zero attached hydrogens (tertiary/aromatic N) is 2. The van der Waals surface area contributed by atoms with E-state index < -0.39 is 12.2 Å². The van der Waals surface area contributed by atoms with Crippen LogP contribution < -0.4 is 0 Å². The molecule has 5 heterocycles. The highest BCUT2D eigenvalue weighted by Crippen LogP contribution is 2.37. The predicted octanol–water partition coefficient (Wildman–Crippen LogP) is 6.29. The van der Waals surface area contributed by atoms with Crippen molar-refractivity contribution in [2.45, 2.75) is 79.4 Å². The summed E-state index contributed by atoms with van der Waals surface area (Å²) < 4.78 is 9.87. The summed E-state index contributed by atoms with van der Waals surface area (Å²) in [5, 5.41) is 21.7. The number of carbonyl (C=O) groups excluding carboxylic acids is 2. The minimum absolute atomic E-state index is 0.191. The Morgan fingerprint density at radius 3 is 1.85 bits per heavy atom. The number of hydrogen-bond acceptors (Lipinski definition) is 8. The van der Waals surface area contributed by atoms with Gasteiger partial charge in [-0.05, 0) is 112 Å². The highest BCUT2D eigenvalue weighted by molar-refractivity contribution is 5.96. The van der Waals surface area contributed by atoms with Gasteiger partial charge < -0.3 is 29.7 Å². The molecule has 5 rings (SSSR count). The summed E-state index contributed by atoms with van der Waals surface area (Å²) in [6.07, 6.45) is -0.267. The highest BCUT2D eigenvalue weighted by atomic mass is 16.5. The van der Waals surface area contributed by atoms with Crippen molar-refractivity contribution in [1.82, 2.24) is 19.9 Å². The average molecular weight is 627 g/mol. The third kappa shape index (κ3) is 6.15. The van der Waals surface area contributed by atoms with Crippen molar-refractivity contribution in [3.05, 3.63) is 69.3 Å². The quantitative estimate of drug-likeness (QED) is 0.213. The predicted molar refractivity (Wildman–Crippen MR) is 179 cm³/mol. The lowest BCUT2D eigenvalue weighted by molar-refractivity contribution is -0.141. The number of fused-ring (bicyclic) bond motifs is 8. The number of allylic oxidation sites excluding steroid dienone is 3. The summed E-state index contributed by atoms with van der Waals surface area (Å²) in [5.41, 5.74) is 12.7. The van der Waals surface area contributed by atoms with Crippen LogP contribution in [0.15, 0.2) is 24.3 Å². The van der Waals surface area contributed by atoms with Gasteiger partial charge in [0.2, 0.25) is 0 Å². The first kappa shape index (κ1) is 32.8. The van der Waals surface area contributed by atoms with Gasteiger partial charge in [-0.25, -0.2) is 9.97 Å². The molecule has 10 heteroatoms. The molecule has 4 N–H and O–H groups in total. The monoisotopic (exact) mass is 626 g/mol. The Morgan fingerprint density at radius 2 is 1.22 bits per heavy atom. The molecule has 0 aliphatic carbocycles. The second-order valence-electron chi connectivity index (χ2n) is 12.0. The summed E-state index contributed by atoms with van der Waals surface area (Å²) in [7, 11) is 2.75. The van der Waals surface area contributed by atoms with E-state index in [0.717, 1.165) is 61.1 Å². The van der Waals surface area contributed by atoms with Gasteiger partial charge in [0.1, 0.15) is 0 Å². The van der Waals surface area contributed by atoms with Crippen molar-refractivity contribution in [2.24, 2.45) is 0 Å². The lowest BCUT2D eigenvalue weighted by Gasteiger charge is -2.07. The highest BCUT2D eigenvalue weighted by Gasteiger charge is 2.24. The maximum atomic E-state index is 12.2. The van der Waals surface area contributed by atoms with Crippen molar-refractivity contribution in [3.8, 4) is 0 Å². The number of esters is 2. The number of rotatable bonds is 8. The van der Waals surface area contributed by atoms with Crippen LogP contribution in [0.2, 0.25) is 0 Å². The van der Waals surface area contributed by atoms with Crippen molar-refractivity contribution >= 4 is 56.3 Å². The summed E-state index contributed by atoms with van der Waals surface area (Å²) in [6, 6.07) is 7.77. The van der Waals surface area contributed by atoms with Crippen molar-refractivity contribution in [1.29, 1.82) is 0 Å². The number of H-pyrrole nitrogens is 2. The Labute approximate surface area is 268 Å². The molecule has 46 heavy (non-hydrogen) atoms. The van der Waals surface area contributed by atoms with Gasteiger partial charge in [-0.2, -0.15) is 0 Å². The molecule has 2 unspecified atom stereocenters. The summed E-state index contributed by atoms with van der Waals surface area (Å²) in [4.78, 5) is 41.4. The fourth-order valence-electron chi connectivity index (χ4n) is 6.51. The fourth-order valence-corrected chi connectivity index (χ4v) is 6.51. The normalized spacial score (nSPS) is 14.5. The molecule has 0 radical (unpaired) electrons. The van der Waals surface area contributed by atoms with Crippen LogP contribution in [0.5, 0.6) is 0 Å². The molecule has 0 saturated carbocycles. The average Bonchev–Trinajstić information content (AvgIpc) is 3.67. The van der Waals surface area contributed by atoms with E-state index in [-0.39, 0.29) is 24.8 Å². The standard InChI is InChI=1S/C36H42N4O6/c1-17-23(9-11-33(43)45-7)29-16-30-24(10-12-34(44)46-8)18(2)26(38-30)14-31-36(22(6)42)20(4)28(40-31)15-32-35(21(5)41)19(3)27(39-32)13-25(17)37-29/h13-16,21-22,37,40-42H,9-12H2,1-8H3. The topological polar surface area (TPSA) is 150 Å². The minimum Gasteiger partial charge on any atom is -0.469 e. The van der Waals surface area contributed by atoms with Crippen LogP contribution in [0.25, 0.3) is 44.4 Å². The third-order valence-corrected chi connectivity index (χ3v) is 9.08. The lowest BCUT2D eigenvalue weighted by atomic mass is 9.99. The molecule has 0 spiro atoms. The van der Waals surface area contributed by atoms with E-state index in [0.29, 0.717) is 41.1 Å². The molecule has 2 aliphatic heterocycles. The smallest absolute Gasteiger partial charge is 0.305 e. The van der Waals surface area contributed by atoms with Gasteiger partial charge in [0.05, 0.1) is 49.2 Å². The van der Waals surface area contributed by atoms with Gasteiger partial charge in [-0.1, -0.05) is 0 Å². The van der Waals surface area contributed by atoms with Gasteiger partial charge in [-0.15, -0.1) is 0 Å². The number of nitrogens with one attached hydrogen (secondary N) is 2. The van der Waals surface area contributed by atoms with Crippen LogP contribution in [0.4, 0.5) is 0 Å². The number of aromatic nitrogens is 4. The zero-order chi connectivity index (χ0) is 33.4. The van der Waals surface area contributed by atoms with E-state index in [2.05, 4.69) is 9.97 Å². The summed E-state index contributed by atoms with van der Waals surface area (Å²) in [5.74, 6) is -0.621. The molecule has 0 saturated heterocycles. The SMILES string of the molecule is COC(=O)CCC1=C(C)c2cc3[nH]c(cc4nc(cc5[nH]c(cc1n2)c(CCC(=O)OC)c5C)C(C)=C4C(C)O)c(C)c3C(C)O. The number of ether oxygens (including phenoxy) is 2. The zero-order valence-electron chi connectivity index (χ0n) is 27.7. The maximum absolute atomic E-state index is 12.2. The van der Waals surface area contributed by atoms with Crippen molar-refractivity contribution in [2.75, 3.05) is 14.2 Å². The van der Waals surface area contributed by atoms with E-state index in [1.807, 2.05) is 52.0 Å². The molecule has 242 valence electrons. The summed E-state index contributed by atoms with van der Waals surface area (Å²) in [6.45, 7) is 11.3. The van der Waals surface area contributed by atoms with Gasteiger partial charge in [-0.3, -0.25) is 9.59 Å². The van der Waals surface area contributed by atoms with Crippen LogP contribution >= 0.6 is 0 Å². The number of aromatic amines is 2. The fraction of sp³-hybridized carbons (Fsp3) is 0.389. The van der Waals surface area contributed by atoms with Gasteiger partial charge in [0, 0.05) is 46.0 Å². The molecular formula is C36H42N4O6. The molecule has 0 amide bonds. The maximum Gasteiger partial charge on any atom is 0.305 e. The Morgan fingerprint density at radius 1 is 0.696 bits per heavy atom. The summed E-state index contributed by atoms with van der Waals surface area (Å²) >= 11 is 0. The van der Waals surface area contributed by atoms with Crippen LogP contribution in [0.1, 0.15) is 98.1 Å². The molecule has 2 aliphatic rings. The van der Waals surface area contributed by atoms with E-state index in [9.17, 15) is 19.8 Å². The molecule has 0 aromatic carbocycles. The Balaban J connectivity index is 1.92. The number of aliphatic hydroxyl groups is 2. The van der Waals surface area contributed by atoms with E-state index in [1.165, 1.54) is 14.2 Å². The molecular weight excluding hydrogens is 584 g/mol. The first-order valence-electron chi connectivity index (χ1n) is 15.5. The Bertz CT molecular complexity index is 1960. The van der Waals surface area contributed by atoms with Crippen molar-refractivity contribution < 1.29 is 29.3 Å². The number of carbonyl (C=O) groups is 2. The van der Waals surface area contributed by atoms with Gasteiger partial charge >= 0.3 is 11.9 Å². The zero-order valence-corrected chi connectivity index (χ0v) is 27.7. The molecule has 2 atom stereocenters. The second-order valence-corrected chi connectivity index (χ2v) is 12.0. The molecule has 3 aromatic heterocycles. The van der Waals surface area contributed by atoms with Crippen molar-refractivity contribution in [3.63, 3.8) is 0 Å². The van der Waals surface area contributed by atoms with Crippen LogP contribution in [-0.4, -0.2) is 62.4 Å². The third-order valence-electron chi connectivity index (χ3n) is 9.08. The molecule has 0 fully saturated rings. The number of hydrogen-bond donors (Lipinski definition) is 4. The van der Waals surface area contributed by atoms with Crippen LogP contribution in [-0.2, 0) is 25.5 Å². The molecule has 3 aromatic rings. The van der Waals surface area contributed by atoms with Crippen LogP contribution in [0, 0.1) is 13.8 Å². The van der Waals surface area contributed by atoms with Crippen LogP contribution in [0.3, 0.4) is 0 Å². The largest absolute Gasteiger partial charge is 0.469 e. The van der Waals surface area contributed by atoms with E-state index in [1.54, 1.807) is 13.8 Å². The first-order valence-corrected chi connectivity index (χ1v) is 15.5. The van der Waals surface area contributed by atoms with E-state index in [4.69, 9.17) is 19.4 Å². The van der Waals surface area contributed by atoms with Gasteiger partial charge in [0.25, 0.3) is 0 Å².